The number of aromatic amines is 1. The second-order valence-corrected chi connectivity index (χ2v) is 6.62. The average molecular weight is 328 g/mol. The Morgan fingerprint density at radius 2 is 2.14 bits per heavy atom. The number of aryl methyl sites for hydroxylation is 1. The van der Waals surface area contributed by atoms with Gasteiger partial charge in [0.1, 0.15) is 4.88 Å². The smallest absolute Gasteiger partial charge is 0.350 e. The van der Waals surface area contributed by atoms with Crippen LogP contribution >= 0.6 is 11.3 Å². The molecule has 2 aromatic rings. The summed E-state index contributed by atoms with van der Waals surface area (Å²) in [6, 6.07) is 1.11. The highest BCUT2D eigenvalue weighted by Gasteiger charge is 2.24. The Balaban J connectivity index is 2.48. The van der Waals surface area contributed by atoms with E-state index in [0.717, 1.165) is 23.6 Å². The molecule has 2 N–H and O–H groups in total. The van der Waals surface area contributed by atoms with Gasteiger partial charge >= 0.3 is 5.97 Å². The molecule has 21 heavy (non-hydrogen) atoms. The molecular formula is C12H12N2O5S2. The summed E-state index contributed by atoms with van der Waals surface area (Å²) < 4.78 is 31.4. The van der Waals surface area contributed by atoms with Crippen molar-refractivity contribution in [1.29, 1.82) is 0 Å². The van der Waals surface area contributed by atoms with Gasteiger partial charge < -0.3 is 9.72 Å². The van der Waals surface area contributed by atoms with Gasteiger partial charge in [-0.25, -0.2) is 13.2 Å². The molecule has 0 saturated heterocycles. The molecule has 0 aliphatic heterocycles. The van der Waals surface area contributed by atoms with Crippen molar-refractivity contribution in [2.24, 2.45) is 0 Å². The number of aromatic nitrogens is 1. The highest BCUT2D eigenvalue weighted by Crippen LogP contribution is 2.29. The van der Waals surface area contributed by atoms with Crippen molar-refractivity contribution in [1.82, 2.24) is 4.98 Å². The minimum Gasteiger partial charge on any atom is -0.465 e. The zero-order chi connectivity index (χ0) is 15.6. The van der Waals surface area contributed by atoms with Crippen molar-refractivity contribution in [2.75, 3.05) is 11.8 Å². The topological polar surface area (TPSA) is 105 Å². The minimum absolute atomic E-state index is 0.120. The highest BCUT2D eigenvalue weighted by molar-refractivity contribution is 7.92. The molecule has 0 amide bonds. The maximum Gasteiger partial charge on any atom is 0.350 e. The Kier molecular flexibility index (Phi) is 4.14. The van der Waals surface area contributed by atoms with E-state index in [9.17, 15) is 18.0 Å². The van der Waals surface area contributed by atoms with Crippen LogP contribution in [-0.4, -0.2) is 26.5 Å². The van der Waals surface area contributed by atoms with Crippen LogP contribution in [0.4, 0.5) is 5.69 Å². The molecule has 0 radical (unpaired) electrons. The fraction of sp³-hybridized carbons (Fsp3) is 0.167. The van der Waals surface area contributed by atoms with E-state index in [-0.39, 0.29) is 10.6 Å². The summed E-state index contributed by atoms with van der Waals surface area (Å²) in [5, 5.41) is 1.62. The standard InChI is InChI=1S/C12H12N2O5S2/c1-7-6-20-11(12(16)19-2)10(7)14-21(17,18)9-5-13-4-3-8(9)15/h3-6,14H,1-2H3,(H,13,15). The molecule has 0 atom stereocenters. The fourth-order valence-electron chi connectivity index (χ4n) is 1.61. The molecular weight excluding hydrogens is 316 g/mol. The zero-order valence-corrected chi connectivity index (χ0v) is 12.8. The van der Waals surface area contributed by atoms with Crippen molar-refractivity contribution < 1.29 is 17.9 Å². The minimum atomic E-state index is -4.10. The van der Waals surface area contributed by atoms with Crippen LogP contribution in [0.1, 0.15) is 15.2 Å². The lowest BCUT2D eigenvalue weighted by atomic mass is 10.3. The van der Waals surface area contributed by atoms with Gasteiger partial charge in [0.2, 0.25) is 5.43 Å². The van der Waals surface area contributed by atoms with Crippen LogP contribution in [0.3, 0.4) is 0 Å². The molecule has 0 bridgehead atoms. The van der Waals surface area contributed by atoms with Gasteiger partial charge in [0.15, 0.2) is 4.90 Å². The van der Waals surface area contributed by atoms with Crippen molar-refractivity contribution in [3.8, 4) is 0 Å². The van der Waals surface area contributed by atoms with E-state index in [1.807, 2.05) is 0 Å². The van der Waals surface area contributed by atoms with Gasteiger partial charge in [-0.3, -0.25) is 9.52 Å². The van der Waals surface area contributed by atoms with E-state index in [2.05, 4.69) is 14.4 Å². The van der Waals surface area contributed by atoms with Gasteiger partial charge in [-0.2, -0.15) is 0 Å². The van der Waals surface area contributed by atoms with E-state index in [1.54, 1.807) is 12.3 Å². The maximum absolute atomic E-state index is 12.3. The number of thiophene rings is 1. The molecule has 0 fully saturated rings. The quantitative estimate of drug-likeness (QED) is 0.824. The highest BCUT2D eigenvalue weighted by atomic mass is 32.2. The third kappa shape index (κ3) is 2.98. The molecule has 0 aliphatic carbocycles. The summed E-state index contributed by atoms with van der Waals surface area (Å²) in [6.45, 7) is 1.65. The maximum atomic E-state index is 12.3. The Bertz CT molecular complexity index is 835. The molecule has 0 saturated carbocycles. The number of rotatable bonds is 4. The monoisotopic (exact) mass is 328 g/mol. The second-order valence-electron chi connectivity index (χ2n) is 4.09. The molecule has 112 valence electrons. The number of H-pyrrole nitrogens is 1. The zero-order valence-electron chi connectivity index (χ0n) is 11.2. The number of nitrogens with one attached hydrogen (secondary N) is 2. The Hall–Kier alpha value is -2.13. The third-order valence-electron chi connectivity index (χ3n) is 2.66. The van der Waals surface area contributed by atoms with Crippen LogP contribution < -0.4 is 10.2 Å². The normalized spacial score (nSPS) is 11.1. The lowest BCUT2D eigenvalue weighted by molar-refractivity contribution is 0.0607. The summed E-state index contributed by atoms with van der Waals surface area (Å²) in [5.41, 5.74) is 0.0418. The molecule has 0 unspecified atom stereocenters. The number of esters is 1. The molecule has 7 nitrogen and oxygen atoms in total. The van der Waals surface area contributed by atoms with Crippen LogP contribution in [0.2, 0.25) is 0 Å². The third-order valence-corrected chi connectivity index (χ3v) is 5.11. The Morgan fingerprint density at radius 1 is 1.43 bits per heavy atom. The van der Waals surface area contributed by atoms with E-state index in [0.29, 0.717) is 5.56 Å². The van der Waals surface area contributed by atoms with E-state index in [4.69, 9.17) is 0 Å². The molecule has 2 heterocycles. The van der Waals surface area contributed by atoms with Crippen LogP contribution in [-0.2, 0) is 14.8 Å². The predicted octanol–water partition coefficient (Wildman–Crippen LogP) is 1.33. The second kappa shape index (κ2) is 5.70. The SMILES string of the molecule is COC(=O)c1scc(C)c1NS(=O)(=O)c1c[nH]ccc1=O. The lowest BCUT2D eigenvalue weighted by Crippen LogP contribution is -2.22. The first-order valence-electron chi connectivity index (χ1n) is 5.73. The molecule has 2 aromatic heterocycles. The van der Waals surface area contributed by atoms with Crippen LogP contribution in [0.5, 0.6) is 0 Å². The Labute approximate surface area is 124 Å². The lowest BCUT2D eigenvalue weighted by Gasteiger charge is -2.09. The van der Waals surface area contributed by atoms with Gasteiger partial charge in [0.05, 0.1) is 12.8 Å². The number of hydrogen-bond donors (Lipinski definition) is 2. The predicted molar refractivity (Wildman–Crippen MR) is 78.3 cm³/mol. The first kappa shape index (κ1) is 15.3. The van der Waals surface area contributed by atoms with Gasteiger partial charge in [0.25, 0.3) is 10.0 Å². The van der Waals surface area contributed by atoms with Crippen molar-refractivity contribution in [2.45, 2.75) is 11.8 Å². The van der Waals surface area contributed by atoms with Gasteiger partial charge in [-0.15, -0.1) is 11.3 Å². The number of carbonyl (C=O) groups excluding carboxylic acids is 1. The molecule has 2 rings (SSSR count). The number of ether oxygens (including phenoxy) is 1. The number of carbonyl (C=O) groups is 1. The van der Waals surface area contributed by atoms with Crippen molar-refractivity contribution in [3.05, 3.63) is 44.5 Å². The fourth-order valence-corrected chi connectivity index (χ4v) is 3.80. The average Bonchev–Trinajstić information content (AvgIpc) is 2.79. The first-order chi connectivity index (χ1) is 9.86. The summed E-state index contributed by atoms with van der Waals surface area (Å²) in [7, 11) is -2.89. The van der Waals surface area contributed by atoms with Gasteiger partial charge in [-0.1, -0.05) is 0 Å². The van der Waals surface area contributed by atoms with Gasteiger partial charge in [0, 0.05) is 18.5 Å². The van der Waals surface area contributed by atoms with Crippen LogP contribution in [0.15, 0.2) is 33.5 Å². The van der Waals surface area contributed by atoms with Crippen molar-refractivity contribution in [3.63, 3.8) is 0 Å². The number of pyridine rings is 1. The number of methoxy groups -OCH3 is 1. The number of hydrogen-bond acceptors (Lipinski definition) is 6. The van der Waals surface area contributed by atoms with Gasteiger partial charge in [-0.05, 0) is 17.9 Å². The van der Waals surface area contributed by atoms with Crippen molar-refractivity contribution >= 4 is 33.0 Å². The molecule has 9 heteroatoms. The molecule has 0 spiro atoms. The molecule has 0 aliphatic rings. The number of sulfonamides is 1. The first-order valence-corrected chi connectivity index (χ1v) is 8.09. The Morgan fingerprint density at radius 3 is 2.76 bits per heavy atom. The summed E-state index contributed by atoms with van der Waals surface area (Å²) in [5.74, 6) is -0.646. The summed E-state index contributed by atoms with van der Waals surface area (Å²) in [6.07, 6.45) is 2.42. The van der Waals surface area contributed by atoms with E-state index in [1.165, 1.54) is 13.3 Å². The van der Waals surface area contributed by atoms with E-state index < -0.39 is 26.3 Å². The number of anilines is 1. The van der Waals surface area contributed by atoms with Crippen LogP contribution in [0, 0.1) is 6.92 Å². The summed E-state index contributed by atoms with van der Waals surface area (Å²) in [4.78, 5) is 25.5. The largest absolute Gasteiger partial charge is 0.465 e. The van der Waals surface area contributed by atoms with Crippen LogP contribution in [0.25, 0.3) is 0 Å². The van der Waals surface area contributed by atoms with E-state index >= 15 is 0 Å². The molecule has 0 aromatic carbocycles. The summed E-state index contributed by atoms with van der Waals surface area (Å²) >= 11 is 1.06.